The van der Waals surface area contributed by atoms with Gasteiger partial charge in [0.25, 0.3) is 17.4 Å². The fourth-order valence-corrected chi connectivity index (χ4v) is 3.66. The summed E-state index contributed by atoms with van der Waals surface area (Å²) in [6, 6.07) is 13.5. The molecule has 1 aliphatic heterocycles. The summed E-state index contributed by atoms with van der Waals surface area (Å²) in [4.78, 5) is 57.3. The zero-order valence-corrected chi connectivity index (χ0v) is 16.6. The molecule has 0 fully saturated rings. The lowest BCUT2D eigenvalue weighted by Crippen LogP contribution is -2.33. The largest absolute Gasteiger partial charge is 0.324 e. The van der Waals surface area contributed by atoms with Crippen molar-refractivity contribution in [2.45, 2.75) is 6.42 Å². The Morgan fingerprint density at radius 1 is 0.969 bits per heavy atom. The maximum absolute atomic E-state index is 12.6. The Balaban J connectivity index is 1.34. The normalized spacial score (nSPS) is 12.9. The first-order valence-corrected chi connectivity index (χ1v) is 9.80. The van der Waals surface area contributed by atoms with Crippen LogP contribution < -0.4 is 10.9 Å². The monoisotopic (exact) mass is 428 g/mol. The predicted octanol–water partition coefficient (Wildman–Crippen LogP) is 1.73. The van der Waals surface area contributed by atoms with E-state index >= 15 is 0 Å². The molecule has 0 saturated carbocycles. The molecule has 5 rings (SSSR count). The average Bonchev–Trinajstić information content (AvgIpc) is 3.34. The number of carbonyl (C=O) groups excluding carboxylic acids is 3. The second-order valence-corrected chi connectivity index (χ2v) is 7.15. The van der Waals surface area contributed by atoms with Gasteiger partial charge in [0.1, 0.15) is 5.39 Å². The minimum atomic E-state index is -0.405. The van der Waals surface area contributed by atoms with E-state index in [-0.39, 0.29) is 24.4 Å². The molecule has 4 aromatic rings. The van der Waals surface area contributed by atoms with Crippen LogP contribution >= 0.6 is 0 Å². The molecule has 32 heavy (non-hydrogen) atoms. The molecule has 10 nitrogen and oxygen atoms in total. The third-order valence-electron chi connectivity index (χ3n) is 5.22. The van der Waals surface area contributed by atoms with Gasteiger partial charge in [-0.25, -0.2) is 9.67 Å². The number of anilines is 1. The van der Waals surface area contributed by atoms with Gasteiger partial charge < -0.3 is 10.3 Å². The van der Waals surface area contributed by atoms with Crippen molar-refractivity contribution in [3.05, 3.63) is 82.5 Å². The Morgan fingerprint density at radius 3 is 2.41 bits per heavy atom. The van der Waals surface area contributed by atoms with Crippen molar-refractivity contribution in [2.24, 2.45) is 0 Å². The smallest absolute Gasteiger partial charge is 0.261 e. The van der Waals surface area contributed by atoms with Crippen molar-refractivity contribution in [3.8, 4) is 5.69 Å². The molecule has 3 heterocycles. The number of carbonyl (C=O) groups is 3. The number of amides is 3. The van der Waals surface area contributed by atoms with Crippen molar-refractivity contribution < 1.29 is 14.4 Å². The van der Waals surface area contributed by atoms with Crippen molar-refractivity contribution in [2.75, 3.05) is 11.9 Å². The van der Waals surface area contributed by atoms with E-state index in [9.17, 15) is 19.2 Å². The highest BCUT2D eigenvalue weighted by molar-refractivity contribution is 6.21. The highest BCUT2D eigenvalue weighted by atomic mass is 16.2. The molecule has 3 amide bonds. The summed E-state index contributed by atoms with van der Waals surface area (Å²) in [5.41, 5.74) is 1.69. The number of aromatic nitrogens is 4. The second-order valence-electron chi connectivity index (χ2n) is 7.15. The number of para-hydroxylation sites is 2. The molecular formula is C22H16N6O4. The molecule has 0 spiro atoms. The summed E-state index contributed by atoms with van der Waals surface area (Å²) in [6.45, 7) is -0.0397. The van der Waals surface area contributed by atoms with Crippen LogP contribution in [0.4, 0.5) is 5.69 Å². The topological polar surface area (TPSA) is 130 Å². The van der Waals surface area contributed by atoms with E-state index in [1.54, 1.807) is 48.5 Å². The fraction of sp³-hybridized carbons (Fsp3) is 0.0909. The number of imide groups is 1. The van der Waals surface area contributed by atoms with Gasteiger partial charge in [0.05, 0.1) is 35.0 Å². The third kappa shape index (κ3) is 3.14. The van der Waals surface area contributed by atoms with E-state index in [4.69, 9.17) is 0 Å². The molecule has 10 heteroatoms. The van der Waals surface area contributed by atoms with Gasteiger partial charge in [0, 0.05) is 13.0 Å². The van der Waals surface area contributed by atoms with Crippen LogP contribution in [-0.4, -0.2) is 48.9 Å². The van der Waals surface area contributed by atoms with Crippen molar-refractivity contribution >= 4 is 34.4 Å². The van der Waals surface area contributed by atoms with E-state index in [0.717, 1.165) is 4.90 Å². The second kappa shape index (κ2) is 7.58. The Hall–Kier alpha value is -4.60. The number of hydrogen-bond donors (Lipinski definition) is 2. The van der Waals surface area contributed by atoms with E-state index in [2.05, 4.69) is 20.4 Å². The average molecular weight is 428 g/mol. The molecule has 2 aromatic carbocycles. The SMILES string of the molecule is O=C(CCN1C(=O)c2ccccc2C1=O)Nc1ccccc1-n1ncc2c(=O)[nH]cnc21. The van der Waals surface area contributed by atoms with Gasteiger partial charge in [-0.05, 0) is 24.3 Å². The zero-order chi connectivity index (χ0) is 22.2. The van der Waals surface area contributed by atoms with Gasteiger partial charge >= 0.3 is 0 Å². The summed E-state index contributed by atoms with van der Waals surface area (Å²) in [5, 5.41) is 7.34. The number of hydrogen-bond acceptors (Lipinski definition) is 6. The molecule has 0 unspecified atom stereocenters. The van der Waals surface area contributed by atoms with Gasteiger partial charge in [-0.3, -0.25) is 24.1 Å². The van der Waals surface area contributed by atoms with Gasteiger partial charge in [-0.1, -0.05) is 24.3 Å². The standard InChI is InChI=1S/C22H16N6O4/c29-18(9-10-27-21(31)13-5-1-2-6-14(13)22(27)32)26-16-7-3-4-8-17(16)28-19-15(11-25-28)20(30)24-12-23-19/h1-8,11-12H,9-10H2,(H,26,29)(H,23,24,30). The third-order valence-corrected chi connectivity index (χ3v) is 5.22. The number of H-pyrrole nitrogens is 1. The van der Waals surface area contributed by atoms with Crippen LogP contribution in [0.3, 0.4) is 0 Å². The van der Waals surface area contributed by atoms with E-state index in [1.165, 1.54) is 17.2 Å². The van der Waals surface area contributed by atoms with Crippen molar-refractivity contribution in [1.29, 1.82) is 0 Å². The van der Waals surface area contributed by atoms with Crippen LogP contribution in [0.1, 0.15) is 27.1 Å². The summed E-state index contributed by atoms with van der Waals surface area (Å²) in [5.74, 6) is -1.19. The maximum atomic E-state index is 12.6. The van der Waals surface area contributed by atoms with Crippen LogP contribution in [0, 0.1) is 0 Å². The van der Waals surface area contributed by atoms with E-state index < -0.39 is 11.8 Å². The number of aromatic amines is 1. The van der Waals surface area contributed by atoms with Crippen molar-refractivity contribution in [3.63, 3.8) is 0 Å². The lowest BCUT2D eigenvalue weighted by molar-refractivity contribution is -0.116. The molecule has 0 bridgehead atoms. The minimum absolute atomic E-state index is 0.0397. The molecule has 2 aromatic heterocycles. The van der Waals surface area contributed by atoms with Crippen LogP contribution in [0.2, 0.25) is 0 Å². The minimum Gasteiger partial charge on any atom is -0.324 e. The highest BCUT2D eigenvalue weighted by Gasteiger charge is 2.35. The molecule has 0 radical (unpaired) electrons. The molecule has 0 aliphatic carbocycles. The molecule has 1 aliphatic rings. The van der Waals surface area contributed by atoms with E-state index in [1.807, 2.05) is 0 Å². The molecular weight excluding hydrogens is 412 g/mol. The van der Waals surface area contributed by atoms with Crippen LogP contribution in [-0.2, 0) is 4.79 Å². The summed E-state index contributed by atoms with van der Waals surface area (Å²) in [6.07, 6.45) is 2.62. The summed E-state index contributed by atoms with van der Waals surface area (Å²) >= 11 is 0. The van der Waals surface area contributed by atoms with Crippen LogP contribution in [0.25, 0.3) is 16.7 Å². The molecule has 0 saturated heterocycles. The van der Waals surface area contributed by atoms with Gasteiger partial charge in [0.15, 0.2) is 5.65 Å². The summed E-state index contributed by atoms with van der Waals surface area (Å²) in [7, 11) is 0. The molecule has 0 atom stereocenters. The first-order chi connectivity index (χ1) is 15.5. The lowest BCUT2D eigenvalue weighted by Gasteiger charge is -2.15. The van der Waals surface area contributed by atoms with Gasteiger partial charge in [-0.15, -0.1) is 0 Å². The van der Waals surface area contributed by atoms with Gasteiger partial charge in [-0.2, -0.15) is 5.10 Å². The number of nitrogens with one attached hydrogen (secondary N) is 2. The number of rotatable bonds is 5. The number of nitrogens with zero attached hydrogens (tertiary/aromatic N) is 4. The van der Waals surface area contributed by atoms with Crippen LogP contribution in [0.5, 0.6) is 0 Å². The number of fused-ring (bicyclic) bond motifs is 2. The van der Waals surface area contributed by atoms with E-state index in [0.29, 0.717) is 33.5 Å². The Labute approximate surface area is 180 Å². The quantitative estimate of drug-likeness (QED) is 0.466. The van der Waals surface area contributed by atoms with Crippen LogP contribution in [0.15, 0.2) is 65.8 Å². The van der Waals surface area contributed by atoms with Crippen molar-refractivity contribution in [1.82, 2.24) is 24.6 Å². The summed E-state index contributed by atoms with van der Waals surface area (Å²) < 4.78 is 1.46. The molecule has 2 N–H and O–H groups in total. The zero-order valence-electron chi connectivity index (χ0n) is 16.6. The maximum Gasteiger partial charge on any atom is 0.261 e. The Bertz CT molecular complexity index is 1420. The highest BCUT2D eigenvalue weighted by Crippen LogP contribution is 2.24. The first-order valence-electron chi connectivity index (χ1n) is 9.80. The van der Waals surface area contributed by atoms with Gasteiger partial charge in [0.2, 0.25) is 5.91 Å². The lowest BCUT2D eigenvalue weighted by atomic mass is 10.1. The Morgan fingerprint density at radius 2 is 1.66 bits per heavy atom. The Kier molecular flexibility index (Phi) is 4.59. The number of benzene rings is 2. The first kappa shape index (κ1) is 19.4. The molecule has 158 valence electrons. The fourth-order valence-electron chi connectivity index (χ4n) is 3.66. The predicted molar refractivity (Wildman–Crippen MR) is 115 cm³/mol.